The Morgan fingerprint density at radius 1 is 1.33 bits per heavy atom. The van der Waals surface area contributed by atoms with Crippen molar-refractivity contribution in [3.8, 4) is 0 Å². The Kier molecular flexibility index (Phi) is 4.10. The van der Waals surface area contributed by atoms with Crippen LogP contribution in [0.5, 0.6) is 0 Å². The van der Waals surface area contributed by atoms with Crippen molar-refractivity contribution < 1.29 is 4.79 Å². The highest BCUT2D eigenvalue weighted by Gasteiger charge is 2.09. The largest absolute Gasteiger partial charge is 0.358 e. The van der Waals surface area contributed by atoms with Gasteiger partial charge in [0, 0.05) is 12.2 Å². The quantitative estimate of drug-likeness (QED) is 0.773. The highest BCUT2D eigenvalue weighted by Crippen LogP contribution is 2.26. The van der Waals surface area contributed by atoms with Gasteiger partial charge in [-0.1, -0.05) is 6.07 Å². The zero-order valence-corrected chi connectivity index (χ0v) is 11.4. The van der Waals surface area contributed by atoms with Crippen molar-refractivity contribution in [1.82, 2.24) is 4.98 Å². The molecule has 0 unspecified atom stereocenters. The van der Waals surface area contributed by atoms with Crippen LogP contribution in [-0.2, 0) is 6.54 Å². The number of hydrogen-bond donors (Lipinski definition) is 0. The first-order chi connectivity index (χ1) is 8.72. The molecular formula is C14H16N2OS. The van der Waals surface area contributed by atoms with Crippen LogP contribution < -0.4 is 4.90 Å². The van der Waals surface area contributed by atoms with E-state index in [0.717, 1.165) is 40.6 Å². The molecule has 3 nitrogen and oxygen atoms in total. The number of thiophene rings is 1. The summed E-state index contributed by atoms with van der Waals surface area (Å²) < 4.78 is 0. The molecule has 2 heterocycles. The highest BCUT2D eigenvalue weighted by molar-refractivity contribution is 7.17. The summed E-state index contributed by atoms with van der Waals surface area (Å²) in [5.41, 5.74) is 2.08. The van der Waals surface area contributed by atoms with Crippen molar-refractivity contribution in [2.24, 2.45) is 0 Å². The molecule has 0 aliphatic rings. The third kappa shape index (κ3) is 2.96. The van der Waals surface area contributed by atoms with Gasteiger partial charge >= 0.3 is 0 Å². The zero-order valence-electron chi connectivity index (χ0n) is 10.6. The van der Waals surface area contributed by atoms with Gasteiger partial charge in [0.05, 0.1) is 22.1 Å². The summed E-state index contributed by atoms with van der Waals surface area (Å²) in [6, 6.07) is 9.91. The molecule has 0 saturated carbocycles. The first kappa shape index (κ1) is 12.8. The van der Waals surface area contributed by atoms with Crippen LogP contribution in [0.3, 0.4) is 0 Å². The normalized spacial score (nSPS) is 10.3. The van der Waals surface area contributed by atoms with Crippen molar-refractivity contribution in [1.29, 1.82) is 0 Å². The van der Waals surface area contributed by atoms with Crippen LogP contribution in [0.4, 0.5) is 5.00 Å². The van der Waals surface area contributed by atoms with E-state index in [4.69, 9.17) is 0 Å². The van der Waals surface area contributed by atoms with Gasteiger partial charge in [-0.3, -0.25) is 9.78 Å². The molecule has 0 amide bonds. The van der Waals surface area contributed by atoms with Crippen LogP contribution in [0.2, 0.25) is 0 Å². The summed E-state index contributed by atoms with van der Waals surface area (Å²) in [7, 11) is 0. The molecule has 94 valence electrons. The molecule has 0 radical (unpaired) electrons. The molecule has 0 spiro atoms. The molecular weight excluding hydrogens is 244 g/mol. The van der Waals surface area contributed by atoms with E-state index in [1.54, 1.807) is 0 Å². The Hall–Kier alpha value is -1.68. The number of aryl methyl sites for hydroxylation is 1. The lowest BCUT2D eigenvalue weighted by atomic mass is 10.3. The summed E-state index contributed by atoms with van der Waals surface area (Å²) in [5, 5.41) is 1.11. The van der Waals surface area contributed by atoms with E-state index in [0.29, 0.717) is 0 Å². The van der Waals surface area contributed by atoms with Crippen LogP contribution in [0.15, 0.2) is 30.3 Å². The number of nitrogens with zero attached hydrogens (tertiary/aromatic N) is 2. The van der Waals surface area contributed by atoms with E-state index in [1.807, 2.05) is 37.3 Å². The first-order valence-electron chi connectivity index (χ1n) is 5.95. The zero-order chi connectivity index (χ0) is 13.0. The van der Waals surface area contributed by atoms with E-state index in [1.165, 1.54) is 11.3 Å². The van der Waals surface area contributed by atoms with Crippen LogP contribution in [-0.4, -0.2) is 17.8 Å². The van der Waals surface area contributed by atoms with Gasteiger partial charge in [0.15, 0.2) is 6.29 Å². The number of aromatic nitrogens is 1. The van der Waals surface area contributed by atoms with Gasteiger partial charge in [-0.05, 0) is 38.1 Å². The van der Waals surface area contributed by atoms with E-state index < -0.39 is 0 Å². The monoisotopic (exact) mass is 260 g/mol. The Morgan fingerprint density at radius 2 is 2.17 bits per heavy atom. The van der Waals surface area contributed by atoms with Crippen LogP contribution >= 0.6 is 11.3 Å². The summed E-state index contributed by atoms with van der Waals surface area (Å²) in [4.78, 5) is 18.2. The SMILES string of the molecule is CCN(Cc1cccc(C)n1)c1ccc(C=O)s1. The molecule has 2 aromatic heterocycles. The van der Waals surface area contributed by atoms with Gasteiger partial charge in [0.1, 0.15) is 0 Å². The van der Waals surface area contributed by atoms with Crippen molar-refractivity contribution in [3.63, 3.8) is 0 Å². The molecule has 0 aliphatic heterocycles. The minimum atomic E-state index is 0.764. The van der Waals surface area contributed by atoms with Crippen molar-refractivity contribution in [3.05, 3.63) is 46.6 Å². The topological polar surface area (TPSA) is 33.2 Å². The van der Waals surface area contributed by atoms with Crippen LogP contribution in [0, 0.1) is 6.92 Å². The summed E-state index contributed by atoms with van der Waals surface area (Å²) >= 11 is 1.52. The summed E-state index contributed by atoms with van der Waals surface area (Å²) in [6.07, 6.45) is 0.896. The second kappa shape index (κ2) is 5.78. The standard InChI is InChI=1S/C14H16N2OS/c1-3-16(14-8-7-13(10-17)18-14)9-12-6-4-5-11(2)15-12/h4-8,10H,3,9H2,1-2H3. The Labute approximate surface area is 111 Å². The molecule has 0 fully saturated rings. The predicted molar refractivity (Wildman–Crippen MR) is 75.4 cm³/mol. The fraction of sp³-hybridized carbons (Fsp3) is 0.286. The van der Waals surface area contributed by atoms with Gasteiger partial charge in [0.25, 0.3) is 0 Å². The number of hydrogen-bond acceptors (Lipinski definition) is 4. The van der Waals surface area contributed by atoms with Crippen molar-refractivity contribution >= 4 is 22.6 Å². The second-order valence-electron chi connectivity index (χ2n) is 4.08. The molecule has 0 bridgehead atoms. The van der Waals surface area contributed by atoms with Crippen LogP contribution in [0.25, 0.3) is 0 Å². The molecule has 2 rings (SSSR count). The Morgan fingerprint density at radius 3 is 2.78 bits per heavy atom. The number of aldehydes is 1. The number of carbonyl (C=O) groups excluding carboxylic acids is 1. The predicted octanol–water partition coefficient (Wildman–Crippen LogP) is 3.29. The molecule has 0 aliphatic carbocycles. The third-order valence-corrected chi connectivity index (χ3v) is 3.79. The molecule has 0 N–H and O–H groups in total. The van der Waals surface area contributed by atoms with Gasteiger partial charge < -0.3 is 4.90 Å². The number of pyridine rings is 1. The molecule has 18 heavy (non-hydrogen) atoms. The smallest absolute Gasteiger partial charge is 0.160 e. The lowest BCUT2D eigenvalue weighted by Crippen LogP contribution is -2.21. The first-order valence-corrected chi connectivity index (χ1v) is 6.77. The van der Waals surface area contributed by atoms with Gasteiger partial charge in [-0.15, -0.1) is 11.3 Å². The van der Waals surface area contributed by atoms with Gasteiger partial charge in [-0.2, -0.15) is 0 Å². The summed E-state index contributed by atoms with van der Waals surface area (Å²) in [5.74, 6) is 0. The molecule has 2 aromatic rings. The Balaban J connectivity index is 2.16. The molecule has 0 aromatic carbocycles. The van der Waals surface area contributed by atoms with Crippen LogP contribution in [0.1, 0.15) is 28.0 Å². The second-order valence-corrected chi connectivity index (χ2v) is 5.17. The highest BCUT2D eigenvalue weighted by atomic mass is 32.1. The van der Waals surface area contributed by atoms with E-state index in [9.17, 15) is 4.79 Å². The number of carbonyl (C=O) groups is 1. The van der Waals surface area contributed by atoms with Gasteiger partial charge in [0.2, 0.25) is 0 Å². The maximum atomic E-state index is 10.7. The van der Waals surface area contributed by atoms with E-state index >= 15 is 0 Å². The molecule has 0 saturated heterocycles. The lowest BCUT2D eigenvalue weighted by molar-refractivity contribution is 0.112. The Bertz CT molecular complexity index is 536. The van der Waals surface area contributed by atoms with Crippen molar-refractivity contribution in [2.75, 3.05) is 11.4 Å². The molecule has 0 atom stereocenters. The van der Waals surface area contributed by atoms with Gasteiger partial charge in [-0.25, -0.2) is 0 Å². The minimum Gasteiger partial charge on any atom is -0.358 e. The number of anilines is 1. The van der Waals surface area contributed by atoms with E-state index in [-0.39, 0.29) is 0 Å². The maximum absolute atomic E-state index is 10.7. The fourth-order valence-electron chi connectivity index (χ4n) is 1.80. The minimum absolute atomic E-state index is 0.764. The van der Waals surface area contributed by atoms with E-state index in [2.05, 4.69) is 16.8 Å². The summed E-state index contributed by atoms with van der Waals surface area (Å²) in [6.45, 7) is 5.77. The maximum Gasteiger partial charge on any atom is 0.160 e. The lowest BCUT2D eigenvalue weighted by Gasteiger charge is -2.20. The third-order valence-electron chi connectivity index (χ3n) is 2.72. The average Bonchev–Trinajstić information content (AvgIpc) is 2.84. The fourth-order valence-corrected chi connectivity index (χ4v) is 2.69. The average molecular weight is 260 g/mol. The molecule has 4 heteroatoms. The number of rotatable bonds is 5. The van der Waals surface area contributed by atoms with Crippen molar-refractivity contribution in [2.45, 2.75) is 20.4 Å².